The molecule has 1 aromatic carbocycles. The van der Waals surface area contributed by atoms with Gasteiger partial charge in [-0.15, -0.1) is 0 Å². The Morgan fingerprint density at radius 1 is 1.25 bits per heavy atom. The second-order valence-corrected chi connectivity index (χ2v) is 7.40. The molecule has 7 nitrogen and oxygen atoms in total. The van der Waals surface area contributed by atoms with Crippen molar-refractivity contribution < 1.29 is 18.0 Å². The number of hydrogen-bond donors (Lipinski definition) is 1. The second-order valence-electron chi connectivity index (χ2n) is 5.06. The van der Waals surface area contributed by atoms with Gasteiger partial charge in [-0.25, -0.2) is 17.7 Å². The van der Waals surface area contributed by atoms with Crippen molar-refractivity contribution in [1.29, 1.82) is 0 Å². The summed E-state index contributed by atoms with van der Waals surface area (Å²) in [5, 5.41) is 2.62. The van der Waals surface area contributed by atoms with Crippen LogP contribution in [0.2, 0.25) is 5.02 Å². The molecular weight excluding hydrogens is 354 g/mol. The molecule has 0 atom stereocenters. The fourth-order valence-electron chi connectivity index (χ4n) is 2.30. The first-order valence-corrected chi connectivity index (χ1v) is 8.95. The zero-order valence-electron chi connectivity index (χ0n) is 12.3. The van der Waals surface area contributed by atoms with Crippen molar-refractivity contribution in [1.82, 2.24) is 4.98 Å². The molecule has 0 aliphatic carbocycles. The van der Waals surface area contributed by atoms with Crippen molar-refractivity contribution in [2.24, 2.45) is 0 Å². The Hall–Kier alpha value is -2.45. The number of rotatable bonds is 3. The lowest BCUT2D eigenvalue weighted by Gasteiger charge is -2.16. The predicted molar refractivity (Wildman–Crippen MR) is 89.5 cm³/mol. The summed E-state index contributed by atoms with van der Waals surface area (Å²) in [4.78, 5) is 28.0. The number of carbonyl (C=O) groups excluding carboxylic acids is 2. The highest BCUT2D eigenvalue weighted by molar-refractivity contribution is 7.94. The molecule has 2 aromatic rings. The fraction of sp³-hybridized carbons (Fsp3) is 0.133. The Morgan fingerprint density at radius 2 is 2.04 bits per heavy atom. The standard InChI is InChI=1S/C15H12ClN3O4S/c16-12-9-10(19-14(20)6-8-24(19,22)23)4-5-11(12)15(21)18-13-3-1-2-7-17-13/h1-5,7,9H,6,8H2,(H,17,18,21). The third-order valence-corrected chi connectivity index (χ3v) is 5.42. The number of aromatic nitrogens is 1. The van der Waals surface area contributed by atoms with Crippen molar-refractivity contribution >= 4 is 44.9 Å². The van der Waals surface area contributed by atoms with Crippen LogP contribution in [0.4, 0.5) is 11.5 Å². The molecule has 3 rings (SSSR count). The van der Waals surface area contributed by atoms with E-state index in [1.165, 1.54) is 24.4 Å². The molecule has 0 saturated carbocycles. The summed E-state index contributed by atoms with van der Waals surface area (Å²) in [6.07, 6.45) is 1.46. The average Bonchev–Trinajstić information content (AvgIpc) is 2.81. The van der Waals surface area contributed by atoms with Gasteiger partial charge in [0.05, 0.1) is 22.0 Å². The summed E-state index contributed by atoms with van der Waals surface area (Å²) < 4.78 is 24.6. The van der Waals surface area contributed by atoms with Crippen molar-refractivity contribution in [3.8, 4) is 0 Å². The number of sulfonamides is 1. The number of benzene rings is 1. The topological polar surface area (TPSA) is 96.4 Å². The third-order valence-electron chi connectivity index (χ3n) is 3.42. The van der Waals surface area contributed by atoms with Crippen LogP contribution in [0.3, 0.4) is 0 Å². The molecule has 2 heterocycles. The Bertz CT molecular complexity index is 916. The summed E-state index contributed by atoms with van der Waals surface area (Å²) in [7, 11) is -3.67. The van der Waals surface area contributed by atoms with E-state index in [2.05, 4.69) is 10.3 Å². The lowest BCUT2D eigenvalue weighted by Crippen LogP contribution is -2.29. The molecule has 24 heavy (non-hydrogen) atoms. The van der Waals surface area contributed by atoms with E-state index in [0.717, 1.165) is 4.31 Å². The van der Waals surface area contributed by atoms with Crippen molar-refractivity contribution in [2.75, 3.05) is 15.4 Å². The van der Waals surface area contributed by atoms with Crippen LogP contribution in [0, 0.1) is 0 Å². The van der Waals surface area contributed by atoms with Gasteiger partial charge in [0.1, 0.15) is 5.82 Å². The summed E-state index contributed by atoms with van der Waals surface area (Å²) in [5.41, 5.74) is 0.270. The van der Waals surface area contributed by atoms with Gasteiger partial charge in [0, 0.05) is 12.6 Å². The van der Waals surface area contributed by atoms with Crippen LogP contribution >= 0.6 is 11.6 Å². The van der Waals surface area contributed by atoms with Gasteiger partial charge in [0.2, 0.25) is 15.9 Å². The van der Waals surface area contributed by atoms with Crippen LogP contribution in [0.5, 0.6) is 0 Å². The Kier molecular flexibility index (Phi) is 4.25. The first kappa shape index (κ1) is 16.4. The normalized spacial score (nSPS) is 16.2. The number of carbonyl (C=O) groups is 2. The summed E-state index contributed by atoms with van der Waals surface area (Å²) in [6.45, 7) is 0. The highest BCUT2D eigenvalue weighted by Gasteiger charge is 2.36. The predicted octanol–water partition coefficient (Wildman–Crippen LogP) is 2.05. The van der Waals surface area contributed by atoms with Crippen LogP contribution in [0.1, 0.15) is 16.8 Å². The molecule has 1 aliphatic heterocycles. The number of hydrogen-bond acceptors (Lipinski definition) is 5. The minimum absolute atomic E-state index is 0.0378. The van der Waals surface area contributed by atoms with Crippen LogP contribution < -0.4 is 9.62 Å². The van der Waals surface area contributed by atoms with Crippen molar-refractivity contribution in [2.45, 2.75) is 6.42 Å². The van der Waals surface area contributed by atoms with E-state index in [0.29, 0.717) is 5.82 Å². The maximum Gasteiger partial charge on any atom is 0.258 e. The van der Waals surface area contributed by atoms with Gasteiger partial charge in [-0.1, -0.05) is 17.7 Å². The smallest absolute Gasteiger partial charge is 0.258 e. The molecule has 1 N–H and O–H groups in total. The molecule has 1 aromatic heterocycles. The van der Waals surface area contributed by atoms with Gasteiger partial charge in [0.15, 0.2) is 0 Å². The maximum atomic E-state index is 12.2. The SMILES string of the molecule is O=C(Nc1ccccn1)c1ccc(N2C(=O)CCS2(=O)=O)cc1Cl. The highest BCUT2D eigenvalue weighted by Crippen LogP contribution is 2.29. The number of amides is 2. The molecule has 0 radical (unpaired) electrons. The minimum atomic E-state index is -3.67. The Labute approximate surface area is 143 Å². The zero-order valence-corrected chi connectivity index (χ0v) is 13.8. The van der Waals surface area contributed by atoms with Gasteiger partial charge in [-0.05, 0) is 30.3 Å². The van der Waals surface area contributed by atoms with Crippen LogP contribution in [0.25, 0.3) is 0 Å². The zero-order chi connectivity index (χ0) is 17.3. The van der Waals surface area contributed by atoms with Crippen molar-refractivity contribution in [3.05, 3.63) is 53.2 Å². The van der Waals surface area contributed by atoms with E-state index >= 15 is 0 Å². The largest absolute Gasteiger partial charge is 0.307 e. The van der Waals surface area contributed by atoms with Crippen LogP contribution in [-0.2, 0) is 14.8 Å². The molecule has 1 aliphatic rings. The van der Waals surface area contributed by atoms with E-state index < -0.39 is 21.8 Å². The maximum absolute atomic E-state index is 12.2. The first-order valence-electron chi connectivity index (χ1n) is 6.96. The molecule has 9 heteroatoms. The van der Waals surface area contributed by atoms with E-state index in [9.17, 15) is 18.0 Å². The third kappa shape index (κ3) is 3.10. The average molecular weight is 366 g/mol. The van der Waals surface area contributed by atoms with Crippen molar-refractivity contribution in [3.63, 3.8) is 0 Å². The van der Waals surface area contributed by atoms with E-state index in [4.69, 9.17) is 11.6 Å². The number of pyridine rings is 1. The second kappa shape index (κ2) is 6.21. The van der Waals surface area contributed by atoms with Gasteiger partial charge in [-0.3, -0.25) is 9.59 Å². The summed E-state index contributed by atoms with van der Waals surface area (Å²) in [6, 6.07) is 9.09. The van der Waals surface area contributed by atoms with Crippen LogP contribution in [0.15, 0.2) is 42.6 Å². The molecule has 1 fully saturated rings. The van der Waals surface area contributed by atoms with Gasteiger partial charge in [-0.2, -0.15) is 0 Å². The van der Waals surface area contributed by atoms with Gasteiger partial charge < -0.3 is 5.32 Å². The number of nitrogens with one attached hydrogen (secondary N) is 1. The van der Waals surface area contributed by atoms with Gasteiger partial charge >= 0.3 is 0 Å². The summed E-state index contributed by atoms with van der Waals surface area (Å²) in [5.74, 6) is -0.872. The van der Waals surface area contributed by atoms with E-state index in [-0.39, 0.29) is 28.4 Å². The molecular formula is C15H12ClN3O4S. The monoisotopic (exact) mass is 365 g/mol. The molecule has 0 bridgehead atoms. The molecule has 124 valence electrons. The quantitative estimate of drug-likeness (QED) is 0.897. The first-order chi connectivity index (χ1) is 11.4. The van der Waals surface area contributed by atoms with E-state index in [1.807, 2.05) is 0 Å². The molecule has 0 spiro atoms. The fourth-order valence-corrected chi connectivity index (χ4v) is 4.02. The van der Waals surface area contributed by atoms with E-state index in [1.54, 1.807) is 18.2 Å². The summed E-state index contributed by atoms with van der Waals surface area (Å²) >= 11 is 6.10. The minimum Gasteiger partial charge on any atom is -0.307 e. The molecule has 1 saturated heterocycles. The number of halogens is 1. The Morgan fingerprint density at radius 3 is 2.62 bits per heavy atom. The molecule has 2 amide bonds. The Balaban J connectivity index is 1.88. The highest BCUT2D eigenvalue weighted by atomic mass is 35.5. The lowest BCUT2D eigenvalue weighted by atomic mass is 10.2. The number of nitrogens with zero attached hydrogens (tertiary/aromatic N) is 2. The lowest BCUT2D eigenvalue weighted by molar-refractivity contribution is -0.116. The van der Waals surface area contributed by atoms with Crippen LogP contribution in [-0.4, -0.2) is 31.0 Å². The van der Waals surface area contributed by atoms with Gasteiger partial charge in [0.25, 0.3) is 5.91 Å². The molecule has 0 unspecified atom stereocenters. The number of anilines is 2.